The van der Waals surface area contributed by atoms with Crippen molar-refractivity contribution in [2.75, 3.05) is 11.4 Å². The van der Waals surface area contributed by atoms with E-state index in [1.165, 1.54) is 5.69 Å². The molecule has 2 nitrogen and oxygen atoms in total. The smallest absolute Gasteiger partial charge is 0.134 e. The van der Waals surface area contributed by atoms with Gasteiger partial charge in [-0.15, -0.1) is 0 Å². The van der Waals surface area contributed by atoms with Crippen molar-refractivity contribution in [2.45, 2.75) is 13.5 Å². The van der Waals surface area contributed by atoms with Gasteiger partial charge >= 0.3 is 0 Å². The van der Waals surface area contributed by atoms with Crippen LogP contribution in [0.2, 0.25) is 0 Å². The topological polar surface area (TPSA) is 23.5 Å². The first-order chi connectivity index (χ1) is 8.72. The lowest BCUT2D eigenvalue weighted by Gasteiger charge is -2.23. The summed E-state index contributed by atoms with van der Waals surface area (Å²) >= 11 is 3.35. The van der Waals surface area contributed by atoms with Gasteiger partial charge in [0.2, 0.25) is 0 Å². The molecule has 1 N–H and O–H groups in total. The normalized spacial score (nSPS) is 10.3. The van der Waals surface area contributed by atoms with Crippen LogP contribution in [0.3, 0.4) is 0 Å². The summed E-state index contributed by atoms with van der Waals surface area (Å²) in [5.41, 5.74) is 2.09. The maximum absolute atomic E-state index is 10.0. The second kappa shape index (κ2) is 5.91. The Labute approximate surface area is 116 Å². The van der Waals surface area contributed by atoms with Gasteiger partial charge < -0.3 is 10.0 Å². The van der Waals surface area contributed by atoms with Gasteiger partial charge in [-0.05, 0) is 41.1 Å². The van der Waals surface area contributed by atoms with Crippen LogP contribution in [0.4, 0.5) is 5.69 Å². The van der Waals surface area contributed by atoms with Gasteiger partial charge in [0.25, 0.3) is 0 Å². The lowest BCUT2D eigenvalue weighted by molar-refractivity contribution is 0.464. The molecule has 0 aromatic heterocycles. The van der Waals surface area contributed by atoms with Crippen molar-refractivity contribution in [1.82, 2.24) is 0 Å². The Morgan fingerprint density at radius 2 is 1.78 bits per heavy atom. The van der Waals surface area contributed by atoms with Crippen LogP contribution in [-0.2, 0) is 6.54 Å². The molecule has 0 aliphatic heterocycles. The number of halogens is 1. The molecule has 2 rings (SSSR count). The molecule has 0 bridgehead atoms. The van der Waals surface area contributed by atoms with E-state index >= 15 is 0 Å². The van der Waals surface area contributed by atoms with E-state index in [1.807, 2.05) is 36.4 Å². The van der Waals surface area contributed by atoms with Gasteiger partial charge in [-0.2, -0.15) is 0 Å². The first kappa shape index (κ1) is 13.0. The highest BCUT2D eigenvalue weighted by molar-refractivity contribution is 9.10. The molecule has 2 aromatic carbocycles. The Hall–Kier alpha value is -1.48. The van der Waals surface area contributed by atoms with E-state index in [1.54, 1.807) is 0 Å². The Morgan fingerprint density at radius 3 is 2.44 bits per heavy atom. The Balaban J connectivity index is 2.24. The molecular weight excluding hydrogens is 290 g/mol. The quantitative estimate of drug-likeness (QED) is 0.916. The third-order valence-electron chi connectivity index (χ3n) is 2.93. The van der Waals surface area contributed by atoms with Gasteiger partial charge in [0, 0.05) is 24.3 Å². The second-order valence-corrected chi connectivity index (χ2v) is 4.95. The molecule has 0 saturated carbocycles. The van der Waals surface area contributed by atoms with Crippen molar-refractivity contribution in [3.8, 4) is 5.75 Å². The average molecular weight is 306 g/mol. The van der Waals surface area contributed by atoms with E-state index in [4.69, 9.17) is 0 Å². The molecule has 0 aliphatic rings. The van der Waals surface area contributed by atoms with Crippen molar-refractivity contribution < 1.29 is 5.11 Å². The minimum atomic E-state index is 0.326. The molecule has 18 heavy (non-hydrogen) atoms. The third-order valence-corrected chi connectivity index (χ3v) is 3.57. The molecule has 0 spiro atoms. The zero-order valence-electron chi connectivity index (χ0n) is 10.3. The molecule has 94 valence electrons. The fraction of sp³-hybridized carbons (Fsp3) is 0.200. The number of rotatable bonds is 4. The average Bonchev–Trinajstić information content (AvgIpc) is 2.41. The van der Waals surface area contributed by atoms with Crippen LogP contribution in [-0.4, -0.2) is 11.7 Å². The molecular formula is C15H16BrNO. The number of phenolic OH excluding ortho intramolecular Hbond substituents is 1. The molecule has 0 aliphatic carbocycles. The van der Waals surface area contributed by atoms with Crippen LogP contribution in [0.25, 0.3) is 0 Å². The first-order valence-corrected chi connectivity index (χ1v) is 6.78. The molecule has 0 radical (unpaired) electrons. The van der Waals surface area contributed by atoms with Crippen LogP contribution in [0.5, 0.6) is 5.75 Å². The Morgan fingerprint density at radius 1 is 1.06 bits per heavy atom. The minimum absolute atomic E-state index is 0.326. The maximum atomic E-state index is 10.0. The molecule has 0 fully saturated rings. The Kier molecular flexibility index (Phi) is 4.26. The zero-order chi connectivity index (χ0) is 13.0. The summed E-state index contributed by atoms with van der Waals surface area (Å²) in [6.45, 7) is 3.71. The SMILES string of the molecule is CCN(Cc1cccc(Br)c1O)c1ccccc1. The predicted octanol–water partition coefficient (Wildman–Crippen LogP) is 4.18. The molecule has 2 aromatic rings. The van der Waals surface area contributed by atoms with Crippen molar-refractivity contribution in [2.24, 2.45) is 0 Å². The van der Waals surface area contributed by atoms with Crippen LogP contribution in [0.15, 0.2) is 53.0 Å². The Bertz CT molecular complexity index is 513. The van der Waals surface area contributed by atoms with Crippen molar-refractivity contribution in [1.29, 1.82) is 0 Å². The summed E-state index contributed by atoms with van der Waals surface area (Å²) in [4.78, 5) is 2.22. The van der Waals surface area contributed by atoms with Gasteiger partial charge in [-0.3, -0.25) is 0 Å². The van der Waals surface area contributed by atoms with Gasteiger partial charge in [0.1, 0.15) is 5.75 Å². The molecule has 0 unspecified atom stereocenters. The highest BCUT2D eigenvalue weighted by atomic mass is 79.9. The number of hydrogen-bond acceptors (Lipinski definition) is 2. The lowest BCUT2D eigenvalue weighted by Crippen LogP contribution is -2.21. The number of benzene rings is 2. The second-order valence-electron chi connectivity index (χ2n) is 4.10. The monoisotopic (exact) mass is 305 g/mol. The minimum Gasteiger partial charge on any atom is -0.506 e. The van der Waals surface area contributed by atoms with E-state index in [0.717, 1.165) is 16.6 Å². The summed E-state index contributed by atoms with van der Waals surface area (Å²) in [7, 11) is 0. The number of anilines is 1. The van der Waals surface area contributed by atoms with Crippen molar-refractivity contribution in [3.05, 3.63) is 58.6 Å². The highest BCUT2D eigenvalue weighted by Gasteiger charge is 2.09. The summed E-state index contributed by atoms with van der Waals surface area (Å²) in [5.74, 6) is 0.326. The van der Waals surface area contributed by atoms with Crippen LogP contribution in [0.1, 0.15) is 12.5 Å². The third kappa shape index (κ3) is 2.85. The van der Waals surface area contributed by atoms with E-state index in [-0.39, 0.29) is 0 Å². The lowest BCUT2D eigenvalue weighted by atomic mass is 10.1. The van der Waals surface area contributed by atoms with E-state index < -0.39 is 0 Å². The summed E-state index contributed by atoms with van der Waals surface area (Å²) in [5, 5.41) is 10.0. The summed E-state index contributed by atoms with van der Waals surface area (Å²) in [6.07, 6.45) is 0. The van der Waals surface area contributed by atoms with E-state index in [2.05, 4.69) is 39.9 Å². The van der Waals surface area contributed by atoms with Crippen LogP contribution >= 0.6 is 15.9 Å². The van der Waals surface area contributed by atoms with Crippen LogP contribution in [0, 0.1) is 0 Å². The van der Waals surface area contributed by atoms with Gasteiger partial charge in [-0.1, -0.05) is 30.3 Å². The molecule has 0 atom stereocenters. The number of phenols is 1. The van der Waals surface area contributed by atoms with Crippen molar-refractivity contribution in [3.63, 3.8) is 0 Å². The maximum Gasteiger partial charge on any atom is 0.134 e. The van der Waals surface area contributed by atoms with Gasteiger partial charge in [0.15, 0.2) is 0 Å². The van der Waals surface area contributed by atoms with E-state index in [9.17, 15) is 5.11 Å². The fourth-order valence-corrected chi connectivity index (χ4v) is 2.32. The van der Waals surface area contributed by atoms with Crippen molar-refractivity contribution >= 4 is 21.6 Å². The largest absolute Gasteiger partial charge is 0.506 e. The van der Waals surface area contributed by atoms with Gasteiger partial charge in [0.05, 0.1) is 4.47 Å². The molecule has 0 heterocycles. The van der Waals surface area contributed by atoms with E-state index in [0.29, 0.717) is 12.3 Å². The highest BCUT2D eigenvalue weighted by Crippen LogP contribution is 2.29. The van der Waals surface area contributed by atoms with Gasteiger partial charge in [-0.25, -0.2) is 0 Å². The standard InChI is InChI=1S/C15H16BrNO/c1-2-17(13-8-4-3-5-9-13)11-12-7-6-10-14(16)15(12)18/h3-10,18H,2,11H2,1H3. The number of aromatic hydroxyl groups is 1. The number of nitrogens with zero attached hydrogens (tertiary/aromatic N) is 1. The molecule has 3 heteroatoms. The summed E-state index contributed by atoms with van der Waals surface area (Å²) < 4.78 is 0.740. The summed E-state index contributed by atoms with van der Waals surface area (Å²) in [6, 6.07) is 16.0. The number of para-hydroxylation sites is 2. The first-order valence-electron chi connectivity index (χ1n) is 5.98. The predicted molar refractivity (Wildman–Crippen MR) is 79.0 cm³/mol. The zero-order valence-corrected chi connectivity index (χ0v) is 11.9. The molecule has 0 saturated heterocycles. The molecule has 0 amide bonds. The number of hydrogen-bond donors (Lipinski definition) is 1. The van der Waals surface area contributed by atoms with Crippen LogP contribution < -0.4 is 4.90 Å². The fourth-order valence-electron chi connectivity index (χ4n) is 1.92.